The number of likely N-dealkylation sites (N-methyl/N-ethyl adjacent to an activating group) is 1. The lowest BCUT2D eigenvalue weighted by Crippen LogP contribution is -2.42. The van der Waals surface area contributed by atoms with Gasteiger partial charge in [-0.3, -0.25) is 0 Å². The van der Waals surface area contributed by atoms with E-state index in [-0.39, 0.29) is 13.2 Å². The van der Waals surface area contributed by atoms with E-state index in [0.29, 0.717) is 13.0 Å². The first-order chi connectivity index (χ1) is 8.59. The van der Waals surface area contributed by atoms with E-state index in [2.05, 4.69) is 5.32 Å². The summed E-state index contributed by atoms with van der Waals surface area (Å²) >= 11 is 0. The summed E-state index contributed by atoms with van der Waals surface area (Å²) in [5, 5.41) is 22.2. The van der Waals surface area contributed by atoms with Crippen molar-refractivity contribution in [3.05, 3.63) is 29.8 Å². The van der Waals surface area contributed by atoms with Gasteiger partial charge in [-0.2, -0.15) is 0 Å². The zero-order chi connectivity index (χ0) is 13.4. The second kappa shape index (κ2) is 7.36. The van der Waals surface area contributed by atoms with E-state index in [1.54, 1.807) is 6.92 Å². The average Bonchev–Trinajstić information content (AvgIpc) is 2.36. The van der Waals surface area contributed by atoms with Gasteiger partial charge in [-0.25, -0.2) is 0 Å². The molecule has 0 spiro atoms. The van der Waals surface area contributed by atoms with Crippen LogP contribution in [0.25, 0.3) is 0 Å². The van der Waals surface area contributed by atoms with Crippen LogP contribution in [0.1, 0.15) is 19.4 Å². The summed E-state index contributed by atoms with van der Waals surface area (Å²) in [5.74, 6) is 0.725. The molecule has 0 radical (unpaired) electrons. The lowest BCUT2D eigenvalue weighted by atomic mass is 10.1. The lowest BCUT2D eigenvalue weighted by Gasteiger charge is -2.24. The molecule has 3 N–H and O–H groups in total. The topological polar surface area (TPSA) is 61.7 Å². The van der Waals surface area contributed by atoms with Crippen LogP contribution >= 0.6 is 0 Å². The molecule has 0 saturated heterocycles. The first-order valence-electron chi connectivity index (χ1n) is 6.33. The molecule has 1 unspecified atom stereocenters. The third-order valence-electron chi connectivity index (χ3n) is 2.65. The molecule has 4 heteroatoms. The van der Waals surface area contributed by atoms with Crippen molar-refractivity contribution in [1.29, 1.82) is 0 Å². The van der Waals surface area contributed by atoms with Gasteiger partial charge in [-0.15, -0.1) is 0 Å². The van der Waals surface area contributed by atoms with Gasteiger partial charge in [0.05, 0.1) is 0 Å². The minimum absolute atomic E-state index is 0.0914. The Hall–Kier alpha value is -1.10. The van der Waals surface area contributed by atoms with Crippen molar-refractivity contribution >= 4 is 0 Å². The molecule has 0 fully saturated rings. The van der Waals surface area contributed by atoms with Gasteiger partial charge in [0.15, 0.2) is 0 Å². The second-order valence-electron chi connectivity index (χ2n) is 4.65. The monoisotopic (exact) mass is 253 g/mol. The molecule has 0 aromatic heterocycles. The Bertz CT molecular complexity index is 353. The zero-order valence-electron chi connectivity index (χ0n) is 11.1. The summed E-state index contributed by atoms with van der Waals surface area (Å²) in [5.41, 5.74) is 0.0572. The van der Waals surface area contributed by atoms with Crippen LogP contribution in [0, 0.1) is 0 Å². The molecular weight excluding hydrogens is 230 g/mol. The molecule has 102 valence electrons. The highest BCUT2D eigenvalue weighted by Crippen LogP contribution is 2.19. The van der Waals surface area contributed by atoms with Gasteiger partial charge in [0.2, 0.25) is 0 Å². The SMILES string of the molecule is CCNCC(C)(O)COc1ccccc1CCO. The molecule has 1 atom stereocenters. The lowest BCUT2D eigenvalue weighted by molar-refractivity contribution is 0.0124. The molecule has 0 saturated carbocycles. The predicted molar refractivity (Wildman–Crippen MR) is 71.9 cm³/mol. The quantitative estimate of drug-likeness (QED) is 0.646. The van der Waals surface area contributed by atoms with Crippen molar-refractivity contribution in [1.82, 2.24) is 5.32 Å². The van der Waals surface area contributed by atoms with Crippen LogP contribution in [0.4, 0.5) is 0 Å². The van der Waals surface area contributed by atoms with Gasteiger partial charge < -0.3 is 20.3 Å². The van der Waals surface area contributed by atoms with Gasteiger partial charge in [-0.05, 0) is 31.5 Å². The van der Waals surface area contributed by atoms with Crippen molar-refractivity contribution in [2.45, 2.75) is 25.9 Å². The fourth-order valence-corrected chi connectivity index (χ4v) is 1.65. The Morgan fingerprint density at radius 1 is 1.33 bits per heavy atom. The number of rotatable bonds is 8. The molecule has 1 rings (SSSR count). The van der Waals surface area contributed by atoms with Crippen LogP contribution in [0.2, 0.25) is 0 Å². The molecule has 1 aromatic carbocycles. The summed E-state index contributed by atoms with van der Waals surface area (Å²) in [6, 6.07) is 7.57. The fraction of sp³-hybridized carbons (Fsp3) is 0.571. The van der Waals surface area contributed by atoms with Crippen molar-refractivity contribution in [2.75, 3.05) is 26.3 Å². The first-order valence-corrected chi connectivity index (χ1v) is 6.33. The largest absolute Gasteiger partial charge is 0.490 e. The second-order valence-corrected chi connectivity index (χ2v) is 4.65. The van der Waals surface area contributed by atoms with Crippen LogP contribution < -0.4 is 10.1 Å². The third-order valence-corrected chi connectivity index (χ3v) is 2.65. The van der Waals surface area contributed by atoms with Gasteiger partial charge >= 0.3 is 0 Å². The van der Waals surface area contributed by atoms with E-state index < -0.39 is 5.60 Å². The normalized spacial score (nSPS) is 14.2. The Morgan fingerprint density at radius 3 is 2.72 bits per heavy atom. The Labute approximate surface area is 109 Å². The summed E-state index contributed by atoms with van der Waals surface area (Å²) in [7, 11) is 0. The van der Waals surface area contributed by atoms with Gasteiger partial charge in [0, 0.05) is 13.2 Å². The molecular formula is C14H23NO3. The van der Waals surface area contributed by atoms with Gasteiger partial charge in [-0.1, -0.05) is 25.1 Å². The molecule has 1 aromatic rings. The molecule has 0 aliphatic heterocycles. The molecule has 0 heterocycles. The Balaban J connectivity index is 2.56. The number of aliphatic hydroxyl groups excluding tert-OH is 1. The summed E-state index contributed by atoms with van der Waals surface area (Å²) in [6.45, 7) is 5.36. The van der Waals surface area contributed by atoms with Gasteiger partial charge in [0.25, 0.3) is 0 Å². The van der Waals surface area contributed by atoms with Crippen LogP contribution in [-0.4, -0.2) is 42.1 Å². The van der Waals surface area contributed by atoms with E-state index in [4.69, 9.17) is 9.84 Å². The molecule has 4 nitrogen and oxygen atoms in total. The highest BCUT2D eigenvalue weighted by Gasteiger charge is 2.21. The number of benzene rings is 1. The van der Waals surface area contributed by atoms with Crippen LogP contribution in [0.15, 0.2) is 24.3 Å². The van der Waals surface area contributed by atoms with E-state index in [0.717, 1.165) is 17.9 Å². The van der Waals surface area contributed by atoms with E-state index in [1.165, 1.54) is 0 Å². The van der Waals surface area contributed by atoms with Gasteiger partial charge in [0.1, 0.15) is 18.0 Å². The Kier molecular flexibility index (Phi) is 6.12. The molecule has 0 aliphatic rings. The fourth-order valence-electron chi connectivity index (χ4n) is 1.65. The molecule has 0 bridgehead atoms. The number of hydrogen-bond acceptors (Lipinski definition) is 4. The Morgan fingerprint density at radius 2 is 2.06 bits per heavy atom. The minimum atomic E-state index is -0.900. The van der Waals surface area contributed by atoms with Crippen molar-refractivity contribution < 1.29 is 14.9 Å². The van der Waals surface area contributed by atoms with Crippen LogP contribution in [0.3, 0.4) is 0 Å². The maximum atomic E-state index is 10.1. The van der Waals surface area contributed by atoms with Crippen molar-refractivity contribution in [2.24, 2.45) is 0 Å². The first kappa shape index (κ1) is 15.0. The summed E-state index contributed by atoms with van der Waals surface area (Å²) in [4.78, 5) is 0. The number of nitrogens with one attached hydrogen (secondary N) is 1. The van der Waals surface area contributed by atoms with E-state index in [9.17, 15) is 5.11 Å². The van der Waals surface area contributed by atoms with Crippen LogP contribution in [0.5, 0.6) is 5.75 Å². The highest BCUT2D eigenvalue weighted by molar-refractivity contribution is 5.33. The number of aliphatic hydroxyl groups is 2. The van der Waals surface area contributed by atoms with E-state index in [1.807, 2.05) is 31.2 Å². The predicted octanol–water partition coefficient (Wildman–Crippen LogP) is 0.961. The number of para-hydroxylation sites is 1. The number of ether oxygens (including phenoxy) is 1. The zero-order valence-corrected chi connectivity index (χ0v) is 11.1. The summed E-state index contributed by atoms with van der Waals surface area (Å²) < 4.78 is 5.65. The standard InChI is InChI=1S/C14H23NO3/c1-3-15-10-14(2,17)11-18-13-7-5-4-6-12(13)8-9-16/h4-7,15-17H,3,8-11H2,1-2H3. The maximum Gasteiger partial charge on any atom is 0.122 e. The number of hydrogen-bond donors (Lipinski definition) is 3. The molecule has 18 heavy (non-hydrogen) atoms. The highest BCUT2D eigenvalue weighted by atomic mass is 16.5. The third kappa shape index (κ3) is 5.04. The van der Waals surface area contributed by atoms with Crippen molar-refractivity contribution in [3.63, 3.8) is 0 Å². The van der Waals surface area contributed by atoms with Crippen LogP contribution in [-0.2, 0) is 6.42 Å². The van der Waals surface area contributed by atoms with Crippen molar-refractivity contribution in [3.8, 4) is 5.75 Å². The van der Waals surface area contributed by atoms with E-state index >= 15 is 0 Å². The maximum absolute atomic E-state index is 10.1. The average molecular weight is 253 g/mol. The minimum Gasteiger partial charge on any atom is -0.490 e. The smallest absolute Gasteiger partial charge is 0.122 e. The molecule has 0 aliphatic carbocycles. The molecule has 0 amide bonds. The summed E-state index contributed by atoms with van der Waals surface area (Å²) in [6.07, 6.45) is 0.561.